The predicted octanol–water partition coefficient (Wildman–Crippen LogP) is 5.47. The second kappa shape index (κ2) is 10.7. The van der Waals surface area contributed by atoms with Gasteiger partial charge in [0.2, 0.25) is 5.91 Å². The number of benzene rings is 2. The lowest BCUT2D eigenvalue weighted by molar-refractivity contribution is -0.134. The number of pyridine rings is 1. The lowest BCUT2D eigenvalue weighted by Crippen LogP contribution is -2.47. The second-order valence-electron chi connectivity index (χ2n) is 9.48. The Hall–Kier alpha value is -2.74. The Morgan fingerprint density at radius 1 is 1.06 bits per heavy atom. The average molecular weight is 524 g/mol. The number of thioether (sulfide) groups is 1. The summed E-state index contributed by atoms with van der Waals surface area (Å²) in [5, 5.41) is 22.8. The highest BCUT2D eigenvalue weighted by Crippen LogP contribution is 2.55. The van der Waals surface area contributed by atoms with Crippen molar-refractivity contribution in [3.63, 3.8) is 0 Å². The van der Waals surface area contributed by atoms with E-state index in [9.17, 15) is 15.0 Å². The van der Waals surface area contributed by atoms with Crippen molar-refractivity contribution in [3.05, 3.63) is 72.1 Å². The Bertz CT molecular complexity index is 1230. The molecule has 0 bridgehead atoms. The summed E-state index contributed by atoms with van der Waals surface area (Å²) in [6.45, 7) is 0.474. The summed E-state index contributed by atoms with van der Waals surface area (Å²) in [6, 6.07) is 15.7. The number of nitrogens with zero attached hydrogens (tertiary/aromatic N) is 2. The zero-order valence-electron chi connectivity index (χ0n) is 20.1. The van der Waals surface area contributed by atoms with Gasteiger partial charge in [0.05, 0.1) is 10.3 Å². The molecule has 2 unspecified atom stereocenters. The molecule has 1 saturated carbocycles. The van der Waals surface area contributed by atoms with E-state index in [2.05, 4.69) is 28.5 Å². The summed E-state index contributed by atoms with van der Waals surface area (Å²) in [6.07, 6.45) is 7.39. The first-order chi connectivity index (χ1) is 17.5. The number of halogens is 1. The molecule has 3 aromatic rings. The van der Waals surface area contributed by atoms with Gasteiger partial charge in [-0.15, -0.1) is 23.4 Å². The van der Waals surface area contributed by atoms with E-state index >= 15 is 0 Å². The highest BCUT2D eigenvalue weighted by Gasteiger charge is 2.44. The number of alkyl halides is 1. The average Bonchev–Trinajstić information content (AvgIpc) is 3.28. The van der Waals surface area contributed by atoms with E-state index in [4.69, 9.17) is 11.6 Å². The summed E-state index contributed by atoms with van der Waals surface area (Å²) in [4.78, 5) is 20.7. The first kappa shape index (κ1) is 24.9. The summed E-state index contributed by atoms with van der Waals surface area (Å²) in [5.41, 5.74) is 3.64. The van der Waals surface area contributed by atoms with Gasteiger partial charge in [-0.3, -0.25) is 9.78 Å². The van der Waals surface area contributed by atoms with Gasteiger partial charge in [-0.05, 0) is 79.8 Å². The van der Waals surface area contributed by atoms with Gasteiger partial charge in [-0.1, -0.05) is 18.2 Å². The third-order valence-corrected chi connectivity index (χ3v) is 9.32. The summed E-state index contributed by atoms with van der Waals surface area (Å²) in [5.74, 6) is -0.00571. The molecule has 1 aliphatic carbocycles. The van der Waals surface area contributed by atoms with Gasteiger partial charge >= 0.3 is 0 Å². The molecule has 8 heteroatoms. The van der Waals surface area contributed by atoms with Crippen LogP contribution in [0.15, 0.2) is 65.8 Å². The number of phenols is 2. The molecule has 6 nitrogen and oxygen atoms in total. The Labute approximate surface area is 220 Å². The van der Waals surface area contributed by atoms with Crippen LogP contribution in [-0.4, -0.2) is 50.4 Å². The number of phenolic OH excluding ortho intramolecular Hbond substituents is 2. The minimum Gasteiger partial charge on any atom is -0.508 e. The van der Waals surface area contributed by atoms with Gasteiger partial charge in [0.1, 0.15) is 16.7 Å². The number of rotatable bonds is 6. The van der Waals surface area contributed by atoms with Crippen LogP contribution >= 0.6 is 23.4 Å². The molecule has 36 heavy (non-hydrogen) atoms. The zero-order valence-corrected chi connectivity index (χ0v) is 21.7. The number of aromatic hydroxyl groups is 2. The molecular formula is C28H30ClN3O3S. The molecule has 3 N–H and O–H groups in total. The monoisotopic (exact) mass is 523 g/mol. The molecule has 2 heterocycles. The van der Waals surface area contributed by atoms with Crippen molar-refractivity contribution in [1.29, 1.82) is 0 Å². The van der Waals surface area contributed by atoms with Crippen LogP contribution in [0, 0.1) is 0 Å². The highest BCUT2D eigenvalue weighted by atomic mass is 35.5. The Balaban J connectivity index is 1.43. The first-order valence-electron chi connectivity index (χ1n) is 12.3. The molecule has 2 atom stereocenters. The van der Waals surface area contributed by atoms with Gasteiger partial charge in [-0.2, -0.15) is 0 Å². The molecule has 1 aromatic heterocycles. The molecule has 2 aromatic carbocycles. The molecule has 1 aliphatic heterocycles. The van der Waals surface area contributed by atoms with Crippen LogP contribution in [-0.2, 0) is 11.3 Å². The Kier molecular flexibility index (Phi) is 7.42. The van der Waals surface area contributed by atoms with E-state index in [0.717, 1.165) is 42.4 Å². The van der Waals surface area contributed by atoms with E-state index in [0.29, 0.717) is 23.0 Å². The van der Waals surface area contributed by atoms with Crippen LogP contribution in [0.2, 0.25) is 0 Å². The largest absolute Gasteiger partial charge is 0.508 e. The fourth-order valence-corrected chi connectivity index (χ4v) is 7.14. The number of carbonyl (C=O) groups is 1. The summed E-state index contributed by atoms with van der Waals surface area (Å²) < 4.78 is 0. The molecule has 188 valence electrons. The van der Waals surface area contributed by atoms with Crippen LogP contribution in [0.5, 0.6) is 11.5 Å². The second-order valence-corrected chi connectivity index (χ2v) is 11.1. The van der Waals surface area contributed by atoms with Crippen LogP contribution in [0.4, 0.5) is 0 Å². The Morgan fingerprint density at radius 2 is 1.78 bits per heavy atom. The van der Waals surface area contributed by atoms with E-state index in [1.807, 2.05) is 30.1 Å². The maximum atomic E-state index is 14.1. The molecule has 2 aliphatic rings. The van der Waals surface area contributed by atoms with Crippen molar-refractivity contribution in [2.45, 2.75) is 59.8 Å². The number of amides is 1. The number of hydrogen-bond acceptors (Lipinski definition) is 6. The maximum Gasteiger partial charge on any atom is 0.238 e. The highest BCUT2D eigenvalue weighted by molar-refractivity contribution is 8.01. The molecule has 0 saturated heterocycles. The van der Waals surface area contributed by atoms with Crippen LogP contribution in [0.1, 0.15) is 42.2 Å². The van der Waals surface area contributed by atoms with Crippen molar-refractivity contribution in [2.24, 2.45) is 0 Å². The van der Waals surface area contributed by atoms with Gasteiger partial charge < -0.3 is 20.4 Å². The third kappa shape index (κ3) is 4.92. The quantitative estimate of drug-likeness (QED) is 0.293. The third-order valence-electron chi connectivity index (χ3n) is 7.30. The molecule has 5 rings (SSSR count). The summed E-state index contributed by atoms with van der Waals surface area (Å²) >= 11 is 8.01. The normalized spacial score (nSPS) is 23.3. The molecule has 1 fully saturated rings. The van der Waals surface area contributed by atoms with Crippen LogP contribution in [0.25, 0.3) is 11.1 Å². The van der Waals surface area contributed by atoms with Gasteiger partial charge in [0.25, 0.3) is 0 Å². The molecule has 0 spiro atoms. The van der Waals surface area contributed by atoms with Crippen LogP contribution in [0.3, 0.4) is 0 Å². The topological polar surface area (TPSA) is 85.7 Å². The van der Waals surface area contributed by atoms with Gasteiger partial charge in [0, 0.05) is 36.6 Å². The van der Waals surface area contributed by atoms with E-state index < -0.39 is 10.6 Å². The number of carbonyl (C=O) groups excluding carboxylic acids is 1. The van der Waals surface area contributed by atoms with E-state index in [1.165, 1.54) is 23.9 Å². The molecular weight excluding hydrogens is 494 g/mol. The number of nitrogens with one attached hydrogen (secondary N) is 1. The smallest absolute Gasteiger partial charge is 0.238 e. The van der Waals surface area contributed by atoms with Crippen molar-refractivity contribution in [2.75, 3.05) is 7.05 Å². The fourth-order valence-electron chi connectivity index (χ4n) is 5.30. The van der Waals surface area contributed by atoms with Crippen molar-refractivity contribution >= 4 is 29.3 Å². The zero-order chi connectivity index (χ0) is 25.2. The van der Waals surface area contributed by atoms with Crippen molar-refractivity contribution in [3.8, 4) is 22.6 Å². The Morgan fingerprint density at radius 3 is 2.47 bits per heavy atom. The van der Waals surface area contributed by atoms with Crippen LogP contribution < -0.4 is 5.32 Å². The summed E-state index contributed by atoms with van der Waals surface area (Å²) in [7, 11) is 1.99. The maximum absolute atomic E-state index is 14.1. The lowest BCUT2D eigenvalue weighted by Gasteiger charge is -2.38. The minimum absolute atomic E-state index is 0.0109. The number of hydrogen-bond donors (Lipinski definition) is 3. The predicted molar refractivity (Wildman–Crippen MR) is 143 cm³/mol. The van der Waals surface area contributed by atoms with Gasteiger partial charge in [0.15, 0.2) is 0 Å². The standard InChI is InChI=1S/C28H30ClN3O3S/c1-30-20-5-7-21(8-6-20)32(16-17-3-2-4-19(15-17)18-11-13-31-14-12-18)28(35)27-25(29)24-22(33)9-10-23(34)26(24)36-27/h2-4,9-15,20-21,25,27,30,33-34H,5-8,16H2,1H3. The van der Waals surface area contributed by atoms with Gasteiger partial charge in [-0.25, -0.2) is 0 Å². The fraction of sp³-hybridized carbons (Fsp3) is 0.357. The van der Waals surface area contributed by atoms with E-state index in [-0.39, 0.29) is 23.4 Å². The number of fused-ring (bicyclic) bond motifs is 1. The van der Waals surface area contributed by atoms with E-state index in [1.54, 1.807) is 12.4 Å². The van der Waals surface area contributed by atoms with Crippen molar-refractivity contribution in [1.82, 2.24) is 15.2 Å². The minimum atomic E-state index is -0.719. The lowest BCUT2D eigenvalue weighted by atomic mass is 9.89. The molecule has 1 amide bonds. The van der Waals surface area contributed by atoms with Crippen molar-refractivity contribution < 1.29 is 15.0 Å². The number of aromatic nitrogens is 1. The molecule has 0 radical (unpaired) electrons. The SMILES string of the molecule is CNC1CCC(N(Cc2cccc(-c3ccncc3)c2)C(=O)C2Sc3c(O)ccc(O)c3C2Cl)CC1. The first-order valence-corrected chi connectivity index (χ1v) is 13.6.